The van der Waals surface area contributed by atoms with E-state index in [1.165, 1.54) is 0 Å². The van der Waals surface area contributed by atoms with Gasteiger partial charge in [0.1, 0.15) is 5.75 Å². The first-order valence-corrected chi connectivity index (χ1v) is 8.42. The molecule has 5 heteroatoms. The van der Waals surface area contributed by atoms with Gasteiger partial charge in [0.25, 0.3) is 0 Å². The minimum Gasteiger partial charge on any atom is -0.495 e. The topological polar surface area (TPSA) is 71.5 Å². The molecule has 0 saturated carbocycles. The summed E-state index contributed by atoms with van der Waals surface area (Å²) >= 11 is 0. The third-order valence-electron chi connectivity index (χ3n) is 3.62. The van der Waals surface area contributed by atoms with Crippen molar-refractivity contribution >= 4 is 11.6 Å². The molecule has 0 fully saturated rings. The molecule has 0 aliphatic carbocycles. The summed E-state index contributed by atoms with van der Waals surface area (Å²) in [4.78, 5) is 12.1. The molecule has 1 aromatic rings. The average molecular weight is 323 g/mol. The van der Waals surface area contributed by atoms with E-state index in [2.05, 4.69) is 43.6 Å². The highest BCUT2D eigenvalue weighted by Crippen LogP contribution is 2.22. The zero-order valence-corrected chi connectivity index (χ0v) is 15.2. The van der Waals surface area contributed by atoms with Crippen molar-refractivity contribution in [3.8, 4) is 5.75 Å². The van der Waals surface area contributed by atoms with E-state index in [-0.39, 0.29) is 11.9 Å². The highest BCUT2D eigenvalue weighted by molar-refractivity contribution is 5.92. The molecule has 5 nitrogen and oxygen atoms in total. The molecule has 0 aromatic heterocycles. The summed E-state index contributed by atoms with van der Waals surface area (Å²) < 4.78 is 5.24. The maximum Gasteiger partial charge on any atom is 0.230 e. The second kappa shape index (κ2) is 9.53. The van der Waals surface area contributed by atoms with E-state index in [1.54, 1.807) is 7.11 Å². The molecule has 130 valence electrons. The Morgan fingerprint density at radius 2 is 1.96 bits per heavy atom. The van der Waals surface area contributed by atoms with Crippen LogP contribution in [-0.4, -0.2) is 37.7 Å². The molecular formula is C18H33N3O2+2. The van der Waals surface area contributed by atoms with Crippen molar-refractivity contribution in [2.24, 2.45) is 0 Å². The number of carbonyl (C=O) groups is 1. The second-order valence-electron chi connectivity index (χ2n) is 7.17. The lowest BCUT2D eigenvalue weighted by Gasteiger charge is -2.17. The normalized spacial score (nSPS) is 12.7. The first-order chi connectivity index (χ1) is 10.8. The van der Waals surface area contributed by atoms with Gasteiger partial charge in [-0.05, 0) is 39.8 Å². The number of methoxy groups -OCH3 is 1. The van der Waals surface area contributed by atoms with Crippen molar-refractivity contribution in [2.45, 2.75) is 52.1 Å². The molecule has 0 unspecified atom stereocenters. The van der Waals surface area contributed by atoms with Gasteiger partial charge in [0.05, 0.1) is 43.9 Å². The maximum absolute atomic E-state index is 12.1. The number of nitrogens with two attached hydrogens (primary N) is 2. The van der Waals surface area contributed by atoms with Gasteiger partial charge in [0, 0.05) is 6.42 Å². The number of ether oxygens (including phenoxy) is 1. The fourth-order valence-corrected chi connectivity index (χ4v) is 2.38. The summed E-state index contributed by atoms with van der Waals surface area (Å²) in [6.45, 7) is 10.9. The Kier molecular flexibility index (Phi) is 8.06. The molecule has 1 amide bonds. The van der Waals surface area contributed by atoms with E-state index in [9.17, 15) is 4.79 Å². The fourth-order valence-electron chi connectivity index (χ4n) is 2.38. The Bertz CT molecular complexity index is 483. The summed E-state index contributed by atoms with van der Waals surface area (Å²) in [5.74, 6) is 0.717. The number of carbonyl (C=O) groups excluding carboxylic acids is 1. The highest BCUT2D eigenvalue weighted by atomic mass is 16.5. The Labute approximate surface area is 140 Å². The number of para-hydroxylation sites is 2. The summed E-state index contributed by atoms with van der Waals surface area (Å²) in [5, 5.41) is 7.53. The molecule has 23 heavy (non-hydrogen) atoms. The van der Waals surface area contributed by atoms with Gasteiger partial charge in [-0.2, -0.15) is 0 Å². The number of anilines is 1. The Morgan fingerprint density at radius 3 is 2.61 bits per heavy atom. The first kappa shape index (κ1) is 19.5. The van der Waals surface area contributed by atoms with Crippen LogP contribution in [0.5, 0.6) is 5.75 Å². The summed E-state index contributed by atoms with van der Waals surface area (Å²) in [6, 6.07) is 7.75. The van der Waals surface area contributed by atoms with Crippen LogP contribution in [0.4, 0.5) is 5.69 Å². The van der Waals surface area contributed by atoms with Crippen molar-refractivity contribution in [1.29, 1.82) is 0 Å². The Balaban J connectivity index is 2.26. The number of amides is 1. The molecule has 0 spiro atoms. The van der Waals surface area contributed by atoms with Crippen molar-refractivity contribution in [2.75, 3.05) is 25.5 Å². The predicted octanol–water partition coefficient (Wildman–Crippen LogP) is 0.728. The minimum atomic E-state index is 0.0273. The zero-order chi connectivity index (χ0) is 17.3. The van der Waals surface area contributed by atoms with Gasteiger partial charge in [-0.1, -0.05) is 12.1 Å². The molecule has 0 radical (unpaired) electrons. The number of nitrogens with one attached hydrogen (secondary N) is 1. The van der Waals surface area contributed by atoms with E-state index in [1.807, 2.05) is 24.3 Å². The molecule has 0 saturated heterocycles. The number of hydrogen-bond acceptors (Lipinski definition) is 2. The molecule has 0 heterocycles. The number of hydrogen-bond donors (Lipinski definition) is 3. The monoisotopic (exact) mass is 323 g/mol. The van der Waals surface area contributed by atoms with Crippen LogP contribution in [0.3, 0.4) is 0 Å². The standard InChI is InChI=1S/C18H31N3O2/c1-14(19-11-8-12-20-18(2,3)4)13-17(22)21-15-9-6-7-10-16(15)23-5/h6-7,9-10,14,19-20H,8,11-13H2,1-5H3,(H,21,22)/p+2/t14-/m0/s1. The lowest BCUT2D eigenvalue weighted by atomic mass is 10.1. The van der Waals surface area contributed by atoms with Crippen LogP contribution in [0.15, 0.2) is 24.3 Å². The molecule has 0 aliphatic rings. The average Bonchev–Trinajstić information content (AvgIpc) is 2.46. The van der Waals surface area contributed by atoms with Crippen molar-refractivity contribution < 1.29 is 20.2 Å². The Morgan fingerprint density at radius 1 is 1.26 bits per heavy atom. The molecule has 0 aliphatic heterocycles. The second-order valence-corrected chi connectivity index (χ2v) is 7.17. The third kappa shape index (κ3) is 8.57. The van der Waals surface area contributed by atoms with Crippen molar-refractivity contribution in [1.82, 2.24) is 0 Å². The van der Waals surface area contributed by atoms with Gasteiger partial charge in [0.2, 0.25) is 5.91 Å². The third-order valence-corrected chi connectivity index (χ3v) is 3.62. The molecule has 1 aromatic carbocycles. The van der Waals surface area contributed by atoms with E-state index < -0.39 is 0 Å². The molecule has 0 bridgehead atoms. The SMILES string of the molecule is COc1ccccc1NC(=O)C[C@H](C)[NH2+]CCC[NH2+]C(C)(C)C. The van der Waals surface area contributed by atoms with Crippen LogP contribution >= 0.6 is 0 Å². The van der Waals surface area contributed by atoms with Gasteiger partial charge in [0.15, 0.2) is 0 Å². The molecule has 1 rings (SSSR count). The molecule has 1 atom stereocenters. The molecule has 5 N–H and O–H groups in total. The minimum absolute atomic E-state index is 0.0273. The smallest absolute Gasteiger partial charge is 0.230 e. The number of rotatable bonds is 9. The van der Waals surface area contributed by atoms with Gasteiger partial charge in [-0.25, -0.2) is 0 Å². The summed E-state index contributed by atoms with van der Waals surface area (Å²) in [7, 11) is 1.61. The number of quaternary nitrogens is 2. The quantitative estimate of drug-likeness (QED) is 0.586. The van der Waals surface area contributed by atoms with Crippen LogP contribution in [0, 0.1) is 0 Å². The van der Waals surface area contributed by atoms with Gasteiger partial charge in [-0.15, -0.1) is 0 Å². The van der Waals surface area contributed by atoms with Gasteiger partial charge in [-0.3, -0.25) is 4.79 Å². The van der Waals surface area contributed by atoms with Gasteiger partial charge >= 0.3 is 0 Å². The number of benzene rings is 1. The van der Waals surface area contributed by atoms with Crippen molar-refractivity contribution in [3.63, 3.8) is 0 Å². The van der Waals surface area contributed by atoms with E-state index in [0.29, 0.717) is 17.7 Å². The maximum atomic E-state index is 12.1. The summed E-state index contributed by atoms with van der Waals surface area (Å²) in [5.41, 5.74) is 1.02. The first-order valence-electron chi connectivity index (χ1n) is 8.42. The van der Waals surface area contributed by atoms with Gasteiger partial charge < -0.3 is 20.7 Å². The zero-order valence-electron chi connectivity index (χ0n) is 15.2. The van der Waals surface area contributed by atoms with Crippen molar-refractivity contribution in [3.05, 3.63) is 24.3 Å². The van der Waals surface area contributed by atoms with E-state index in [0.717, 1.165) is 25.2 Å². The van der Waals surface area contributed by atoms with Crippen LogP contribution in [-0.2, 0) is 4.79 Å². The van der Waals surface area contributed by atoms with Crippen LogP contribution < -0.4 is 20.7 Å². The van der Waals surface area contributed by atoms with E-state index >= 15 is 0 Å². The fraction of sp³-hybridized carbons (Fsp3) is 0.611. The largest absolute Gasteiger partial charge is 0.495 e. The summed E-state index contributed by atoms with van der Waals surface area (Å²) in [6.07, 6.45) is 1.65. The highest BCUT2D eigenvalue weighted by Gasteiger charge is 2.15. The lowest BCUT2D eigenvalue weighted by Crippen LogP contribution is -2.96. The van der Waals surface area contributed by atoms with E-state index in [4.69, 9.17) is 4.74 Å². The lowest BCUT2D eigenvalue weighted by molar-refractivity contribution is -0.729. The molecular weight excluding hydrogens is 290 g/mol. The van der Waals surface area contributed by atoms with Crippen LogP contribution in [0.2, 0.25) is 0 Å². The van der Waals surface area contributed by atoms with Crippen LogP contribution in [0.1, 0.15) is 40.5 Å². The predicted molar refractivity (Wildman–Crippen MR) is 93.7 cm³/mol. The Hall–Kier alpha value is -1.59. The van der Waals surface area contributed by atoms with Crippen LogP contribution in [0.25, 0.3) is 0 Å².